The van der Waals surface area contributed by atoms with Gasteiger partial charge in [0.1, 0.15) is 0 Å². The molecule has 16 heavy (non-hydrogen) atoms. The average molecular weight is 281 g/mol. The monoisotopic (exact) mass is 280 g/mol. The Hall–Kier alpha value is -0.300. The second kappa shape index (κ2) is 4.52. The first-order chi connectivity index (χ1) is 7.59. The van der Waals surface area contributed by atoms with Crippen molar-refractivity contribution in [1.82, 2.24) is 0 Å². The van der Waals surface area contributed by atoms with Crippen molar-refractivity contribution < 1.29 is 0 Å². The van der Waals surface area contributed by atoms with Crippen LogP contribution in [0.25, 0.3) is 0 Å². The average Bonchev–Trinajstić information content (AvgIpc) is 3.09. The highest BCUT2D eigenvalue weighted by Gasteiger charge is 2.51. The molecule has 88 valence electrons. The van der Waals surface area contributed by atoms with Crippen LogP contribution in [0.4, 0.5) is 0 Å². The second-order valence-electron chi connectivity index (χ2n) is 5.65. The SMILES string of the molecule is CC(C)C(C)(CBr)C1CC1c1ccccc1. The molecule has 0 amide bonds. The van der Waals surface area contributed by atoms with Crippen LogP contribution in [0.1, 0.15) is 38.7 Å². The first kappa shape index (κ1) is 12.2. The van der Waals surface area contributed by atoms with Crippen molar-refractivity contribution in [2.24, 2.45) is 17.3 Å². The van der Waals surface area contributed by atoms with Crippen LogP contribution < -0.4 is 0 Å². The highest BCUT2D eigenvalue weighted by atomic mass is 79.9. The molecular formula is C15H21Br. The van der Waals surface area contributed by atoms with Crippen LogP contribution in [0, 0.1) is 17.3 Å². The van der Waals surface area contributed by atoms with Crippen LogP contribution in [0.15, 0.2) is 30.3 Å². The fourth-order valence-corrected chi connectivity index (χ4v) is 3.74. The summed E-state index contributed by atoms with van der Waals surface area (Å²) in [6.07, 6.45) is 1.37. The molecule has 0 nitrogen and oxygen atoms in total. The van der Waals surface area contributed by atoms with E-state index in [-0.39, 0.29) is 0 Å². The van der Waals surface area contributed by atoms with Crippen molar-refractivity contribution in [3.8, 4) is 0 Å². The molecule has 3 atom stereocenters. The van der Waals surface area contributed by atoms with Gasteiger partial charge in [-0.2, -0.15) is 0 Å². The minimum atomic E-state index is 0.445. The van der Waals surface area contributed by atoms with Crippen LogP contribution in [-0.2, 0) is 0 Å². The predicted octanol–water partition coefficient (Wildman–Crippen LogP) is 4.85. The van der Waals surface area contributed by atoms with Gasteiger partial charge in [0.05, 0.1) is 0 Å². The fourth-order valence-electron chi connectivity index (χ4n) is 2.67. The summed E-state index contributed by atoms with van der Waals surface area (Å²) in [6, 6.07) is 11.0. The maximum Gasteiger partial charge on any atom is 0.00906 e. The zero-order valence-electron chi connectivity index (χ0n) is 10.4. The lowest BCUT2D eigenvalue weighted by Crippen LogP contribution is -2.28. The van der Waals surface area contributed by atoms with Crippen molar-refractivity contribution in [1.29, 1.82) is 0 Å². The lowest BCUT2D eigenvalue weighted by molar-refractivity contribution is 0.213. The fraction of sp³-hybridized carbons (Fsp3) is 0.600. The molecule has 1 aliphatic carbocycles. The van der Waals surface area contributed by atoms with Crippen molar-refractivity contribution in [3.63, 3.8) is 0 Å². The number of benzene rings is 1. The topological polar surface area (TPSA) is 0 Å². The van der Waals surface area contributed by atoms with Crippen LogP contribution in [0.3, 0.4) is 0 Å². The Morgan fingerprint density at radius 3 is 2.44 bits per heavy atom. The lowest BCUT2D eigenvalue weighted by atomic mass is 9.75. The molecule has 0 saturated heterocycles. The Balaban J connectivity index is 2.11. The van der Waals surface area contributed by atoms with E-state index in [0.29, 0.717) is 5.41 Å². The number of hydrogen-bond donors (Lipinski definition) is 0. The van der Waals surface area contributed by atoms with Gasteiger partial charge in [0.15, 0.2) is 0 Å². The van der Waals surface area contributed by atoms with Crippen LogP contribution in [0.5, 0.6) is 0 Å². The number of hydrogen-bond acceptors (Lipinski definition) is 0. The van der Waals surface area contributed by atoms with Gasteiger partial charge in [0.2, 0.25) is 0 Å². The van der Waals surface area contributed by atoms with Crippen LogP contribution in [0.2, 0.25) is 0 Å². The maximum absolute atomic E-state index is 3.71. The van der Waals surface area contributed by atoms with Crippen LogP contribution in [-0.4, -0.2) is 5.33 Å². The third kappa shape index (κ3) is 2.07. The minimum Gasteiger partial charge on any atom is -0.0922 e. The zero-order valence-corrected chi connectivity index (χ0v) is 12.0. The van der Waals surface area contributed by atoms with Crippen molar-refractivity contribution in [2.45, 2.75) is 33.1 Å². The summed E-state index contributed by atoms with van der Waals surface area (Å²) in [6.45, 7) is 7.13. The molecule has 2 rings (SSSR count). The molecule has 0 bridgehead atoms. The number of alkyl halides is 1. The maximum atomic E-state index is 3.71. The van der Waals surface area contributed by atoms with Crippen molar-refractivity contribution in [2.75, 3.05) is 5.33 Å². The molecular weight excluding hydrogens is 260 g/mol. The Labute approximate surface area is 108 Å². The van der Waals surface area contributed by atoms with Gasteiger partial charge < -0.3 is 0 Å². The van der Waals surface area contributed by atoms with Gasteiger partial charge >= 0.3 is 0 Å². The van der Waals surface area contributed by atoms with E-state index in [9.17, 15) is 0 Å². The van der Waals surface area contributed by atoms with Gasteiger partial charge in [-0.3, -0.25) is 0 Å². The highest BCUT2D eigenvalue weighted by Crippen LogP contribution is 2.59. The smallest absolute Gasteiger partial charge is 0.00906 e. The Morgan fingerprint density at radius 2 is 1.94 bits per heavy atom. The molecule has 1 heteroatoms. The van der Waals surface area contributed by atoms with Gasteiger partial charge in [-0.15, -0.1) is 0 Å². The van der Waals surface area contributed by atoms with Gasteiger partial charge in [0.25, 0.3) is 0 Å². The second-order valence-corrected chi connectivity index (χ2v) is 6.21. The number of halogens is 1. The predicted molar refractivity (Wildman–Crippen MR) is 74.0 cm³/mol. The van der Waals surface area contributed by atoms with Crippen molar-refractivity contribution >= 4 is 15.9 Å². The van der Waals surface area contributed by atoms with E-state index >= 15 is 0 Å². The molecule has 1 fully saturated rings. The van der Waals surface area contributed by atoms with E-state index in [0.717, 1.165) is 23.1 Å². The summed E-state index contributed by atoms with van der Waals surface area (Å²) < 4.78 is 0. The molecule has 1 saturated carbocycles. The lowest BCUT2D eigenvalue weighted by Gasteiger charge is -2.32. The summed E-state index contributed by atoms with van der Waals surface area (Å²) in [5, 5.41) is 1.12. The van der Waals surface area contributed by atoms with E-state index in [2.05, 4.69) is 67.0 Å². The number of rotatable bonds is 4. The molecule has 0 N–H and O–H groups in total. The molecule has 1 aromatic carbocycles. The zero-order chi connectivity index (χ0) is 11.8. The largest absolute Gasteiger partial charge is 0.0922 e. The Bertz CT molecular complexity index is 344. The first-order valence-corrected chi connectivity index (χ1v) is 7.32. The standard InChI is InChI=1S/C15H21Br/c1-11(2)15(3,10-16)14-9-13(14)12-7-5-4-6-8-12/h4-8,11,13-14H,9-10H2,1-3H3. The molecule has 0 radical (unpaired) electrons. The molecule has 3 unspecified atom stereocenters. The van der Waals surface area contributed by atoms with E-state index in [1.165, 1.54) is 12.0 Å². The van der Waals surface area contributed by atoms with Gasteiger partial charge in [-0.25, -0.2) is 0 Å². The molecule has 0 spiro atoms. The molecule has 1 aromatic rings. The Kier molecular flexibility index (Phi) is 3.44. The van der Waals surface area contributed by atoms with Crippen LogP contribution >= 0.6 is 15.9 Å². The third-order valence-electron chi connectivity index (χ3n) is 4.47. The van der Waals surface area contributed by atoms with E-state index < -0.39 is 0 Å². The summed E-state index contributed by atoms with van der Waals surface area (Å²) in [5.41, 5.74) is 1.97. The molecule has 0 aliphatic heterocycles. The van der Waals surface area contributed by atoms with Gasteiger partial charge in [-0.1, -0.05) is 67.0 Å². The molecule has 0 aromatic heterocycles. The molecule has 0 heterocycles. The minimum absolute atomic E-state index is 0.445. The van der Waals surface area contributed by atoms with Gasteiger partial charge in [0, 0.05) is 5.33 Å². The molecule has 1 aliphatic rings. The van der Waals surface area contributed by atoms with Crippen molar-refractivity contribution in [3.05, 3.63) is 35.9 Å². The first-order valence-electron chi connectivity index (χ1n) is 6.20. The van der Waals surface area contributed by atoms with E-state index in [1.807, 2.05) is 0 Å². The summed E-state index contributed by atoms with van der Waals surface area (Å²) in [7, 11) is 0. The van der Waals surface area contributed by atoms with Gasteiger partial charge in [-0.05, 0) is 35.2 Å². The summed E-state index contributed by atoms with van der Waals surface area (Å²) in [5.74, 6) is 2.39. The van der Waals surface area contributed by atoms with E-state index in [4.69, 9.17) is 0 Å². The third-order valence-corrected chi connectivity index (χ3v) is 5.68. The van der Waals surface area contributed by atoms with E-state index in [1.54, 1.807) is 0 Å². The summed E-state index contributed by atoms with van der Waals surface area (Å²) in [4.78, 5) is 0. The highest BCUT2D eigenvalue weighted by molar-refractivity contribution is 9.09. The quantitative estimate of drug-likeness (QED) is 0.692. The summed E-state index contributed by atoms with van der Waals surface area (Å²) >= 11 is 3.71. The normalized spacial score (nSPS) is 27.8. The Morgan fingerprint density at radius 1 is 1.31 bits per heavy atom.